The number of amides is 2. The molecule has 2 aromatic rings. The van der Waals surface area contributed by atoms with E-state index in [9.17, 15) is 14.4 Å². The Kier molecular flexibility index (Phi) is 3.76. The van der Waals surface area contributed by atoms with Gasteiger partial charge in [-0.05, 0) is 24.3 Å². The first kappa shape index (κ1) is 16.0. The molecule has 2 atom stereocenters. The molecule has 2 aliphatic heterocycles. The third-order valence-corrected chi connectivity index (χ3v) is 4.41. The number of ketones is 1. The molecule has 0 aromatic heterocycles. The van der Waals surface area contributed by atoms with Crippen molar-refractivity contribution >= 4 is 29.0 Å². The zero-order valence-corrected chi connectivity index (χ0v) is 13.8. The second-order valence-electron chi connectivity index (χ2n) is 5.89. The summed E-state index contributed by atoms with van der Waals surface area (Å²) in [5, 5.41) is 3.73. The first-order valence-electron chi connectivity index (χ1n) is 7.97. The van der Waals surface area contributed by atoms with E-state index < -0.39 is 29.6 Å². The van der Waals surface area contributed by atoms with Crippen molar-refractivity contribution in [3.05, 3.63) is 60.2 Å². The summed E-state index contributed by atoms with van der Waals surface area (Å²) in [6.45, 7) is 0. The van der Waals surface area contributed by atoms with Crippen LogP contribution in [0.3, 0.4) is 0 Å². The largest absolute Gasteiger partial charge is 0.497 e. The molecule has 0 N–H and O–H groups in total. The van der Waals surface area contributed by atoms with Gasteiger partial charge >= 0.3 is 0 Å². The lowest BCUT2D eigenvalue weighted by molar-refractivity contribution is -0.126. The van der Waals surface area contributed by atoms with Crippen LogP contribution >= 0.6 is 0 Å². The molecule has 2 heterocycles. The minimum atomic E-state index is -1.10. The normalized spacial score (nSPS) is 21.3. The molecular weight excluding hydrogens is 336 g/mol. The van der Waals surface area contributed by atoms with E-state index in [1.807, 2.05) is 0 Å². The standard InChI is InChI=1S/C19H14N2O5/c1-25-13-9-7-12(8-10-13)21-18(23)14-15(20-26-17(14)19(21)24)16(22)11-5-3-2-4-6-11/h2-10,14,17H,1H3/t14-,17+/m1/s1. The Labute approximate surface area is 148 Å². The van der Waals surface area contributed by atoms with Crippen molar-refractivity contribution in [1.82, 2.24) is 0 Å². The molecule has 1 saturated heterocycles. The van der Waals surface area contributed by atoms with Crippen molar-refractivity contribution in [2.45, 2.75) is 6.10 Å². The minimum absolute atomic E-state index is 0.0458. The molecule has 0 unspecified atom stereocenters. The summed E-state index contributed by atoms with van der Waals surface area (Å²) < 4.78 is 5.08. The van der Waals surface area contributed by atoms with E-state index in [4.69, 9.17) is 9.57 Å². The highest BCUT2D eigenvalue weighted by Crippen LogP contribution is 2.34. The Morgan fingerprint density at radius 3 is 2.38 bits per heavy atom. The number of fused-ring (bicyclic) bond motifs is 1. The summed E-state index contributed by atoms with van der Waals surface area (Å²) >= 11 is 0. The number of benzene rings is 2. The van der Waals surface area contributed by atoms with Crippen molar-refractivity contribution in [2.75, 3.05) is 12.0 Å². The van der Waals surface area contributed by atoms with Gasteiger partial charge in [0.05, 0.1) is 12.8 Å². The van der Waals surface area contributed by atoms with Gasteiger partial charge < -0.3 is 9.57 Å². The number of nitrogens with zero attached hydrogens (tertiary/aromatic N) is 2. The van der Waals surface area contributed by atoms with Gasteiger partial charge in [-0.2, -0.15) is 0 Å². The fourth-order valence-corrected chi connectivity index (χ4v) is 3.09. The fraction of sp³-hybridized carbons (Fsp3) is 0.158. The predicted octanol–water partition coefficient (Wildman–Crippen LogP) is 1.82. The van der Waals surface area contributed by atoms with Crippen LogP contribution in [0, 0.1) is 5.92 Å². The third kappa shape index (κ3) is 2.36. The van der Waals surface area contributed by atoms with E-state index in [-0.39, 0.29) is 5.71 Å². The number of hydrogen-bond acceptors (Lipinski definition) is 6. The van der Waals surface area contributed by atoms with Gasteiger partial charge in [0.1, 0.15) is 17.4 Å². The van der Waals surface area contributed by atoms with Gasteiger partial charge in [-0.15, -0.1) is 0 Å². The molecule has 0 aliphatic carbocycles. The molecule has 4 rings (SSSR count). The smallest absolute Gasteiger partial charge is 0.278 e. The van der Waals surface area contributed by atoms with E-state index >= 15 is 0 Å². The minimum Gasteiger partial charge on any atom is -0.497 e. The number of methoxy groups -OCH3 is 1. The predicted molar refractivity (Wildman–Crippen MR) is 92.1 cm³/mol. The van der Waals surface area contributed by atoms with Gasteiger partial charge in [0.2, 0.25) is 17.8 Å². The Hall–Kier alpha value is -3.48. The number of anilines is 1. The van der Waals surface area contributed by atoms with Crippen molar-refractivity contribution in [3.63, 3.8) is 0 Å². The van der Waals surface area contributed by atoms with Crippen LogP contribution in [0.5, 0.6) is 5.75 Å². The first-order chi connectivity index (χ1) is 12.6. The molecular formula is C19H14N2O5. The highest BCUT2D eigenvalue weighted by atomic mass is 16.7. The summed E-state index contributed by atoms with van der Waals surface area (Å²) in [5.41, 5.74) is 0.736. The Bertz CT molecular complexity index is 921. The fourth-order valence-electron chi connectivity index (χ4n) is 3.09. The van der Waals surface area contributed by atoms with Crippen molar-refractivity contribution in [3.8, 4) is 5.75 Å². The molecule has 0 saturated carbocycles. The molecule has 0 radical (unpaired) electrons. The Morgan fingerprint density at radius 2 is 1.73 bits per heavy atom. The number of ether oxygens (including phenoxy) is 1. The lowest BCUT2D eigenvalue weighted by atomic mass is 9.93. The van der Waals surface area contributed by atoms with Crippen LogP contribution in [0.4, 0.5) is 5.69 Å². The second-order valence-corrected chi connectivity index (χ2v) is 5.89. The molecule has 0 bridgehead atoms. The molecule has 7 nitrogen and oxygen atoms in total. The zero-order valence-electron chi connectivity index (χ0n) is 13.8. The van der Waals surface area contributed by atoms with Crippen LogP contribution in [0.2, 0.25) is 0 Å². The number of Topliss-reactive ketones (excluding diaryl/α,β-unsaturated/α-hetero) is 1. The lowest BCUT2D eigenvalue weighted by Crippen LogP contribution is -2.34. The second kappa shape index (κ2) is 6.11. The van der Waals surface area contributed by atoms with Gasteiger partial charge in [-0.1, -0.05) is 35.5 Å². The lowest BCUT2D eigenvalue weighted by Gasteiger charge is -2.15. The summed E-state index contributed by atoms with van der Waals surface area (Å²) in [6, 6.07) is 15.0. The van der Waals surface area contributed by atoms with Gasteiger partial charge in [0.25, 0.3) is 5.91 Å². The summed E-state index contributed by atoms with van der Waals surface area (Å²) in [6.07, 6.45) is -1.10. The molecule has 1 fully saturated rings. The van der Waals surface area contributed by atoms with E-state index in [2.05, 4.69) is 5.16 Å². The van der Waals surface area contributed by atoms with Crippen molar-refractivity contribution in [1.29, 1.82) is 0 Å². The number of hydrogen-bond donors (Lipinski definition) is 0. The number of rotatable bonds is 4. The van der Waals surface area contributed by atoms with Crippen LogP contribution in [0.1, 0.15) is 10.4 Å². The maximum Gasteiger partial charge on any atom is 0.278 e. The highest BCUT2D eigenvalue weighted by molar-refractivity contribution is 6.52. The maximum atomic E-state index is 12.9. The van der Waals surface area contributed by atoms with Crippen molar-refractivity contribution in [2.24, 2.45) is 11.1 Å². The zero-order chi connectivity index (χ0) is 18.3. The third-order valence-electron chi connectivity index (χ3n) is 4.41. The number of oxime groups is 1. The van der Waals surface area contributed by atoms with Gasteiger partial charge in [0.15, 0.2) is 0 Å². The van der Waals surface area contributed by atoms with Crippen LogP contribution in [0.15, 0.2) is 59.8 Å². The average molecular weight is 350 g/mol. The molecule has 2 amide bonds. The van der Waals surface area contributed by atoms with Crippen LogP contribution in [0.25, 0.3) is 0 Å². The Morgan fingerprint density at radius 1 is 1.04 bits per heavy atom. The van der Waals surface area contributed by atoms with E-state index in [1.165, 1.54) is 7.11 Å². The maximum absolute atomic E-state index is 12.9. The summed E-state index contributed by atoms with van der Waals surface area (Å²) in [4.78, 5) is 44.3. The number of carbonyl (C=O) groups is 3. The van der Waals surface area contributed by atoms with E-state index in [0.29, 0.717) is 17.0 Å². The average Bonchev–Trinajstić information content (AvgIpc) is 3.22. The van der Waals surface area contributed by atoms with Crippen molar-refractivity contribution < 1.29 is 24.0 Å². The summed E-state index contributed by atoms with van der Waals surface area (Å²) in [5.74, 6) is -1.91. The van der Waals surface area contributed by atoms with E-state index in [1.54, 1.807) is 54.6 Å². The molecule has 2 aliphatic rings. The SMILES string of the molecule is COc1ccc(N2C(=O)[C@@H]3C(C(=O)c4ccccc4)=NO[C@@H]3C2=O)cc1. The molecule has 2 aromatic carbocycles. The number of imide groups is 1. The summed E-state index contributed by atoms with van der Waals surface area (Å²) in [7, 11) is 1.53. The molecule has 7 heteroatoms. The van der Waals surface area contributed by atoms with Gasteiger partial charge in [-0.3, -0.25) is 14.4 Å². The van der Waals surface area contributed by atoms with Gasteiger partial charge in [-0.25, -0.2) is 4.90 Å². The first-order valence-corrected chi connectivity index (χ1v) is 7.97. The Balaban J connectivity index is 1.64. The highest BCUT2D eigenvalue weighted by Gasteiger charge is 2.57. The van der Waals surface area contributed by atoms with Crippen LogP contribution in [-0.2, 0) is 14.4 Å². The van der Waals surface area contributed by atoms with E-state index in [0.717, 1.165) is 4.90 Å². The molecule has 0 spiro atoms. The monoisotopic (exact) mass is 350 g/mol. The molecule has 26 heavy (non-hydrogen) atoms. The quantitative estimate of drug-likeness (QED) is 0.620. The van der Waals surface area contributed by atoms with Crippen LogP contribution < -0.4 is 9.64 Å². The topological polar surface area (TPSA) is 85.3 Å². The van der Waals surface area contributed by atoms with Crippen LogP contribution in [-0.4, -0.2) is 36.5 Å². The number of carbonyl (C=O) groups excluding carboxylic acids is 3. The van der Waals surface area contributed by atoms with Gasteiger partial charge in [0, 0.05) is 5.56 Å². The molecule has 130 valence electrons.